The average Bonchev–Trinajstić information content (AvgIpc) is 3.28. The maximum atomic E-state index is 9.79. The first-order valence-corrected chi connectivity index (χ1v) is 8.46. The fraction of sp³-hybridized carbons (Fsp3) is 0. The van der Waals surface area contributed by atoms with Crippen molar-refractivity contribution in [3.63, 3.8) is 0 Å². The molecule has 4 aromatic rings. The lowest BCUT2D eigenvalue weighted by Gasteiger charge is -2.03. The molecular weight excluding hydrogens is 314 g/mol. The van der Waals surface area contributed by atoms with Crippen molar-refractivity contribution in [2.24, 2.45) is 0 Å². The largest absolute Gasteiger partial charge is 0.354 e. The van der Waals surface area contributed by atoms with Crippen LogP contribution in [0, 0.1) is 11.3 Å². The number of allylic oxidation sites excluding steroid dienone is 1. The third kappa shape index (κ3) is 2.51. The van der Waals surface area contributed by atoms with Gasteiger partial charge in [-0.25, -0.2) is 0 Å². The Bertz CT molecular complexity index is 1050. The summed E-state index contributed by atoms with van der Waals surface area (Å²) in [5.74, 6) is 0. The van der Waals surface area contributed by atoms with Crippen LogP contribution in [0.2, 0.25) is 0 Å². The molecule has 4 rings (SSSR count). The highest BCUT2D eigenvalue weighted by atomic mass is 32.1. The summed E-state index contributed by atoms with van der Waals surface area (Å²) in [6.07, 6.45) is 5.38. The van der Waals surface area contributed by atoms with Gasteiger partial charge in [0, 0.05) is 39.8 Å². The molecule has 114 valence electrons. The molecule has 4 heteroatoms. The molecule has 3 aromatic heterocycles. The molecule has 0 spiro atoms. The zero-order chi connectivity index (χ0) is 16.4. The van der Waals surface area contributed by atoms with Crippen molar-refractivity contribution < 1.29 is 0 Å². The van der Waals surface area contributed by atoms with E-state index < -0.39 is 0 Å². The maximum Gasteiger partial charge on any atom is 0.0999 e. The summed E-state index contributed by atoms with van der Waals surface area (Å²) >= 11 is 1.64. The van der Waals surface area contributed by atoms with Crippen molar-refractivity contribution in [3.05, 3.63) is 76.7 Å². The number of H-pyrrole nitrogens is 1. The second kappa shape index (κ2) is 6.15. The highest BCUT2D eigenvalue weighted by Crippen LogP contribution is 2.36. The predicted octanol–water partition coefficient (Wildman–Crippen LogP) is 5.36. The van der Waals surface area contributed by atoms with E-state index in [0.717, 1.165) is 33.3 Å². The number of nitriles is 1. The molecule has 3 nitrogen and oxygen atoms in total. The Morgan fingerprint density at radius 1 is 1.17 bits per heavy atom. The first-order chi connectivity index (χ1) is 11.9. The van der Waals surface area contributed by atoms with Gasteiger partial charge in [-0.15, -0.1) is 0 Å². The van der Waals surface area contributed by atoms with E-state index in [1.165, 1.54) is 0 Å². The van der Waals surface area contributed by atoms with Gasteiger partial charge in [0.05, 0.1) is 17.3 Å². The van der Waals surface area contributed by atoms with Crippen LogP contribution < -0.4 is 0 Å². The summed E-state index contributed by atoms with van der Waals surface area (Å²) in [5, 5.41) is 15.0. The second-order valence-electron chi connectivity index (χ2n) is 5.39. The summed E-state index contributed by atoms with van der Waals surface area (Å²) < 4.78 is 0. The minimum atomic E-state index is 0.627. The number of nitrogens with zero attached hydrogens (tertiary/aromatic N) is 2. The van der Waals surface area contributed by atoms with Gasteiger partial charge in [-0.1, -0.05) is 24.3 Å². The molecular formula is C20H13N3S. The van der Waals surface area contributed by atoms with E-state index in [2.05, 4.69) is 27.5 Å². The molecule has 0 aliphatic heterocycles. The maximum absolute atomic E-state index is 9.79. The van der Waals surface area contributed by atoms with Gasteiger partial charge in [-0.2, -0.15) is 16.6 Å². The first-order valence-electron chi connectivity index (χ1n) is 7.52. The molecule has 0 fully saturated rings. The lowest BCUT2D eigenvalue weighted by Crippen LogP contribution is -1.85. The Hall–Kier alpha value is -3.16. The topological polar surface area (TPSA) is 52.5 Å². The molecule has 0 aliphatic rings. The molecule has 0 saturated carbocycles. The molecule has 0 saturated heterocycles. The van der Waals surface area contributed by atoms with Gasteiger partial charge in [-0.3, -0.25) is 4.98 Å². The molecule has 0 amide bonds. The van der Waals surface area contributed by atoms with Crippen molar-refractivity contribution in [3.8, 4) is 17.3 Å². The van der Waals surface area contributed by atoms with E-state index in [0.29, 0.717) is 5.57 Å². The summed E-state index contributed by atoms with van der Waals surface area (Å²) in [7, 11) is 0. The van der Waals surface area contributed by atoms with Crippen LogP contribution in [0.3, 0.4) is 0 Å². The Morgan fingerprint density at radius 2 is 2.08 bits per heavy atom. The number of pyridine rings is 1. The van der Waals surface area contributed by atoms with Crippen molar-refractivity contribution in [1.29, 1.82) is 5.26 Å². The van der Waals surface area contributed by atoms with Crippen LogP contribution in [0.4, 0.5) is 0 Å². The van der Waals surface area contributed by atoms with E-state index in [1.54, 1.807) is 23.7 Å². The fourth-order valence-corrected chi connectivity index (χ4v) is 3.48. The van der Waals surface area contributed by atoms with Gasteiger partial charge < -0.3 is 4.98 Å². The average molecular weight is 327 g/mol. The Labute approximate surface area is 143 Å². The molecule has 0 radical (unpaired) electrons. The van der Waals surface area contributed by atoms with Crippen LogP contribution in [-0.4, -0.2) is 9.97 Å². The number of aromatic nitrogens is 2. The Morgan fingerprint density at radius 3 is 2.83 bits per heavy atom. The van der Waals surface area contributed by atoms with E-state index >= 15 is 0 Å². The van der Waals surface area contributed by atoms with Gasteiger partial charge in [0.1, 0.15) is 0 Å². The van der Waals surface area contributed by atoms with Gasteiger partial charge in [0.15, 0.2) is 0 Å². The normalized spacial score (nSPS) is 11.5. The molecule has 0 unspecified atom stereocenters. The molecule has 1 N–H and O–H groups in total. The molecule has 3 heterocycles. The van der Waals surface area contributed by atoms with Crippen molar-refractivity contribution in [2.45, 2.75) is 0 Å². The third-order valence-corrected chi connectivity index (χ3v) is 4.58. The van der Waals surface area contributed by atoms with E-state index in [1.807, 2.05) is 47.9 Å². The molecule has 0 aliphatic carbocycles. The van der Waals surface area contributed by atoms with Crippen molar-refractivity contribution in [2.75, 3.05) is 0 Å². The predicted molar refractivity (Wildman–Crippen MR) is 99.3 cm³/mol. The lowest BCUT2D eigenvalue weighted by molar-refractivity contribution is 1.32. The standard InChI is InChI=1S/C20H13N3S/c21-11-16(10-14-4-3-8-22-12-14)19-17-5-1-2-6-18(17)23-20(19)15-7-9-24-13-15/h1-10,12-13,23H. The minimum Gasteiger partial charge on any atom is -0.354 e. The zero-order valence-corrected chi connectivity index (χ0v) is 13.5. The van der Waals surface area contributed by atoms with Crippen LogP contribution in [-0.2, 0) is 0 Å². The van der Waals surface area contributed by atoms with Gasteiger partial charge in [0.25, 0.3) is 0 Å². The number of hydrogen-bond acceptors (Lipinski definition) is 3. The zero-order valence-electron chi connectivity index (χ0n) is 12.7. The highest BCUT2D eigenvalue weighted by molar-refractivity contribution is 7.08. The number of rotatable bonds is 3. The summed E-state index contributed by atoms with van der Waals surface area (Å²) in [4.78, 5) is 7.59. The SMILES string of the molecule is N#CC(=Cc1cccnc1)c1c(-c2ccsc2)[nH]c2ccccc12. The van der Waals surface area contributed by atoms with E-state index in [4.69, 9.17) is 0 Å². The number of fused-ring (bicyclic) bond motifs is 1. The minimum absolute atomic E-state index is 0.627. The lowest BCUT2D eigenvalue weighted by atomic mass is 9.99. The van der Waals surface area contributed by atoms with Crippen LogP contribution >= 0.6 is 11.3 Å². The third-order valence-electron chi connectivity index (χ3n) is 3.90. The van der Waals surface area contributed by atoms with Gasteiger partial charge in [0.2, 0.25) is 0 Å². The molecule has 24 heavy (non-hydrogen) atoms. The van der Waals surface area contributed by atoms with Crippen LogP contribution in [0.1, 0.15) is 11.1 Å². The Balaban J connectivity index is 1.99. The molecule has 0 bridgehead atoms. The van der Waals surface area contributed by atoms with Gasteiger partial charge in [-0.05, 0) is 35.2 Å². The Kier molecular flexibility index (Phi) is 3.70. The highest BCUT2D eigenvalue weighted by Gasteiger charge is 2.17. The number of para-hydroxylation sites is 1. The smallest absolute Gasteiger partial charge is 0.0999 e. The van der Waals surface area contributed by atoms with E-state index in [9.17, 15) is 5.26 Å². The van der Waals surface area contributed by atoms with Crippen LogP contribution in [0.25, 0.3) is 33.8 Å². The quantitative estimate of drug-likeness (QED) is 0.515. The first kappa shape index (κ1) is 14.4. The second-order valence-corrected chi connectivity index (χ2v) is 6.17. The summed E-state index contributed by atoms with van der Waals surface area (Å²) in [6.45, 7) is 0. The van der Waals surface area contributed by atoms with Crippen LogP contribution in [0.5, 0.6) is 0 Å². The summed E-state index contributed by atoms with van der Waals surface area (Å²) in [5.41, 5.74) is 5.58. The van der Waals surface area contributed by atoms with Crippen molar-refractivity contribution >= 4 is 33.9 Å². The van der Waals surface area contributed by atoms with Crippen LogP contribution in [0.15, 0.2) is 65.6 Å². The number of nitrogens with one attached hydrogen (secondary N) is 1. The number of aromatic amines is 1. The van der Waals surface area contributed by atoms with Crippen molar-refractivity contribution in [1.82, 2.24) is 9.97 Å². The molecule has 0 atom stereocenters. The summed E-state index contributed by atoms with van der Waals surface area (Å²) in [6, 6.07) is 16.3. The molecule has 1 aromatic carbocycles. The fourth-order valence-electron chi connectivity index (χ4n) is 2.83. The number of thiophene rings is 1. The van der Waals surface area contributed by atoms with Gasteiger partial charge >= 0.3 is 0 Å². The van der Waals surface area contributed by atoms with E-state index in [-0.39, 0.29) is 0 Å². The monoisotopic (exact) mass is 327 g/mol. The number of benzene rings is 1. The number of hydrogen-bond donors (Lipinski definition) is 1.